The first-order valence-electron chi connectivity index (χ1n) is 30.6. The van der Waals surface area contributed by atoms with Crippen LogP contribution in [-0.4, -0.2) is 228 Å². The Morgan fingerprint density at radius 3 is 1.59 bits per heavy atom. The van der Waals surface area contributed by atoms with Crippen molar-refractivity contribution in [3.8, 4) is 11.5 Å². The number of ether oxygens (including phenoxy) is 10. The van der Waals surface area contributed by atoms with Crippen LogP contribution in [-0.2, 0) is 94.3 Å². The number of carboxylic acids is 1. The molecule has 520 valence electrons. The van der Waals surface area contributed by atoms with Crippen molar-refractivity contribution in [3.63, 3.8) is 0 Å². The molecular formula is C62H89N3O28. The van der Waals surface area contributed by atoms with Crippen molar-refractivity contribution >= 4 is 58.6 Å². The van der Waals surface area contributed by atoms with Gasteiger partial charge in [0.25, 0.3) is 0 Å². The summed E-state index contributed by atoms with van der Waals surface area (Å²) in [6, 6.07) is 7.71. The maximum absolute atomic E-state index is 13.4. The Labute approximate surface area is 537 Å². The highest BCUT2D eigenvalue weighted by Gasteiger charge is 2.48. The van der Waals surface area contributed by atoms with Gasteiger partial charge in [-0.1, -0.05) is 26.0 Å². The molecule has 2 amide bonds. The number of ketones is 5. The fourth-order valence-corrected chi connectivity index (χ4v) is 9.36. The van der Waals surface area contributed by atoms with Crippen molar-refractivity contribution in [1.29, 1.82) is 0 Å². The zero-order chi connectivity index (χ0) is 68.6. The van der Waals surface area contributed by atoms with E-state index in [-0.39, 0.29) is 189 Å². The maximum Gasteiger partial charge on any atom is 0.335 e. The monoisotopic (exact) mass is 1320 g/mol. The van der Waals surface area contributed by atoms with E-state index in [0.717, 1.165) is 0 Å². The molecule has 2 aromatic carbocycles. The van der Waals surface area contributed by atoms with Gasteiger partial charge in [-0.15, -0.1) is 0 Å². The van der Waals surface area contributed by atoms with E-state index in [9.17, 15) is 83.7 Å². The summed E-state index contributed by atoms with van der Waals surface area (Å²) in [6.45, 7) is 5.02. The van der Waals surface area contributed by atoms with Crippen molar-refractivity contribution in [2.45, 2.75) is 173 Å². The second kappa shape index (κ2) is 41.8. The van der Waals surface area contributed by atoms with Gasteiger partial charge in [0, 0.05) is 77.5 Å². The van der Waals surface area contributed by atoms with Crippen LogP contribution in [0, 0.1) is 11.8 Å². The molecule has 93 heavy (non-hydrogen) atoms. The summed E-state index contributed by atoms with van der Waals surface area (Å²) in [4.78, 5) is 131. The van der Waals surface area contributed by atoms with Crippen LogP contribution in [0.1, 0.15) is 130 Å². The Morgan fingerprint density at radius 2 is 1.08 bits per heavy atom. The number of carbonyl (C=O) groups excluding carboxylic acids is 9. The molecule has 2 heterocycles. The topological polar surface area (TPSA) is 464 Å². The number of esters is 2. The van der Waals surface area contributed by atoms with E-state index in [2.05, 4.69) is 15.5 Å². The second-order valence-electron chi connectivity index (χ2n) is 22.4. The predicted molar refractivity (Wildman–Crippen MR) is 318 cm³/mol. The van der Waals surface area contributed by atoms with Gasteiger partial charge in [-0.05, 0) is 73.9 Å². The van der Waals surface area contributed by atoms with Crippen LogP contribution in [0.25, 0.3) is 0 Å². The minimum Gasteiger partial charge on any atom is -0.479 e. The van der Waals surface area contributed by atoms with Gasteiger partial charge in [-0.25, -0.2) is 10.7 Å². The van der Waals surface area contributed by atoms with E-state index in [1.54, 1.807) is 19.9 Å². The fourth-order valence-electron chi connectivity index (χ4n) is 9.36. The van der Waals surface area contributed by atoms with Crippen molar-refractivity contribution in [3.05, 3.63) is 58.7 Å². The lowest BCUT2D eigenvalue weighted by atomic mass is 9.98. The van der Waals surface area contributed by atoms with Gasteiger partial charge in [0.2, 0.25) is 24.4 Å². The van der Waals surface area contributed by atoms with Gasteiger partial charge in [-0.3, -0.25) is 43.2 Å². The molecule has 2 aromatic rings. The number of hydrogen-bond donors (Lipinski definition) is 10. The molecule has 0 radical (unpaired) electrons. The third-order valence-corrected chi connectivity index (χ3v) is 14.6. The summed E-state index contributed by atoms with van der Waals surface area (Å²) >= 11 is 0. The molecule has 0 spiro atoms. The van der Waals surface area contributed by atoms with Crippen molar-refractivity contribution in [1.82, 2.24) is 10.6 Å². The number of unbranched alkanes of at least 4 members (excludes halogenated alkanes) is 1. The molecular weight excluding hydrogens is 1230 g/mol. The SMILES string of the molecule is CC(=O)OCc1ccc(O[C@@H]2O[C@H](C(=O)O)[C@@H](O)[C@H](O)[C@H]2O)c(C(=O)CCCOCCOCC(=O)C[C@@H](C)C(=O)NCCCC[C@H](NC(=O)[C@H](C)CC(=O)COCCOCCCC(=O)c2cc(COC(C)=O)ccc2O[C@@H]2OC[C@@H](O)[C@H](O)[C@H]2O)C(=O)CCCON)c1. The van der Waals surface area contributed by atoms with Crippen LogP contribution in [0.3, 0.4) is 0 Å². The summed E-state index contributed by atoms with van der Waals surface area (Å²) in [5, 5.41) is 75.9. The van der Waals surface area contributed by atoms with Crippen LogP contribution in [0.15, 0.2) is 36.4 Å². The summed E-state index contributed by atoms with van der Waals surface area (Å²) in [5.41, 5.74) is 0.938. The number of rotatable bonds is 46. The van der Waals surface area contributed by atoms with Gasteiger partial charge < -0.3 is 98.6 Å². The number of benzene rings is 2. The van der Waals surface area contributed by atoms with Crippen LogP contribution in [0.2, 0.25) is 0 Å². The largest absolute Gasteiger partial charge is 0.479 e. The quantitative estimate of drug-likeness (QED) is 0.0177. The van der Waals surface area contributed by atoms with Crippen LogP contribution < -0.4 is 26.0 Å². The number of nitrogens with one attached hydrogen (secondary N) is 2. The molecule has 0 unspecified atom stereocenters. The summed E-state index contributed by atoms with van der Waals surface area (Å²) < 4.78 is 54.0. The lowest BCUT2D eigenvalue weighted by Crippen LogP contribution is -2.61. The highest BCUT2D eigenvalue weighted by molar-refractivity contribution is 5.99. The number of carboxylic acid groups (broad SMARTS) is 1. The van der Waals surface area contributed by atoms with Crippen molar-refractivity contribution < 1.29 is 136 Å². The van der Waals surface area contributed by atoms with E-state index < -0.39 is 103 Å². The minimum atomic E-state index is -1.96. The lowest BCUT2D eigenvalue weighted by molar-refractivity contribution is -0.271. The number of nitrogens with two attached hydrogens (primary N) is 1. The number of aliphatic carboxylic acids is 1. The van der Waals surface area contributed by atoms with Gasteiger partial charge in [0.15, 0.2) is 35.0 Å². The molecule has 2 aliphatic rings. The molecule has 31 heteroatoms. The molecule has 31 nitrogen and oxygen atoms in total. The minimum absolute atomic E-state index is 0.00983. The summed E-state index contributed by atoms with van der Waals surface area (Å²) in [5.74, 6) is -2.01. The summed E-state index contributed by atoms with van der Waals surface area (Å²) in [7, 11) is 0. The van der Waals surface area contributed by atoms with Crippen molar-refractivity contribution in [2.24, 2.45) is 17.7 Å². The third-order valence-electron chi connectivity index (χ3n) is 14.6. The van der Waals surface area contributed by atoms with Gasteiger partial charge >= 0.3 is 17.9 Å². The number of hydrogen-bond acceptors (Lipinski definition) is 28. The van der Waals surface area contributed by atoms with Gasteiger partial charge in [-0.2, -0.15) is 0 Å². The molecule has 0 aromatic heterocycles. The summed E-state index contributed by atoms with van der Waals surface area (Å²) in [6.07, 6.45) is -13.9. The van der Waals surface area contributed by atoms with Crippen LogP contribution in [0.5, 0.6) is 11.5 Å². The Kier molecular flexibility index (Phi) is 35.3. The Hall–Kier alpha value is -6.82. The van der Waals surface area contributed by atoms with Crippen LogP contribution in [0.4, 0.5) is 0 Å². The molecule has 0 bridgehead atoms. The zero-order valence-electron chi connectivity index (χ0n) is 52.6. The molecule has 2 saturated heterocycles. The Morgan fingerprint density at radius 1 is 0.581 bits per heavy atom. The van der Waals surface area contributed by atoms with E-state index in [1.807, 2.05) is 0 Å². The molecule has 0 aliphatic carbocycles. The highest BCUT2D eigenvalue weighted by atomic mass is 16.7. The predicted octanol–water partition coefficient (Wildman–Crippen LogP) is -0.204. The fraction of sp³-hybridized carbons (Fsp3) is 0.645. The van der Waals surface area contributed by atoms with E-state index in [4.69, 9.17) is 53.3 Å². The smallest absolute Gasteiger partial charge is 0.335 e. The highest BCUT2D eigenvalue weighted by Crippen LogP contribution is 2.30. The molecule has 11 N–H and O–H groups in total. The Bertz CT molecular complexity index is 2770. The normalized spacial score (nSPS) is 21.3. The zero-order valence-corrected chi connectivity index (χ0v) is 52.6. The Balaban J connectivity index is 1.09. The number of aliphatic hydroxyl groups is 6. The standard InChI is InChI=1S/C62H89N3O28/c1-35(26-41(68)32-85-24-22-84-20-8-12-47(71)44-29-40(31-88-38(4)67)15-17-51(44)92-62-56(78)53(75)54(76)57(93-62)60(81)82)58(79)64-18-6-5-10-45(48(72)13-9-21-90-63)65-59(80)36(2)27-42(69)33-86-25-23-83-19-7-11-46(70)43-28-39(30-87-37(3)66)14-16-50(43)91-61-55(77)52(74)49(73)34-89-61/h14-17,28-29,35-36,45,49,52-57,61-62,73-78H,5-13,18-27,30-34,63H2,1-4H3,(H,64,79)(H,65,80)(H,81,82)/t35-,36-,45+,49-,52+,53+,54+,55-,56-,57+,61+,62-/m1/s1. The first-order chi connectivity index (χ1) is 44.3. The number of carbonyl (C=O) groups is 10. The molecule has 0 saturated carbocycles. The third kappa shape index (κ3) is 28.0. The first-order valence-corrected chi connectivity index (χ1v) is 30.6. The maximum atomic E-state index is 13.4. The average molecular weight is 1320 g/mol. The van der Waals surface area contributed by atoms with Gasteiger partial charge in [0.1, 0.15) is 74.6 Å². The number of amides is 2. The first kappa shape index (κ1) is 78.6. The molecule has 4 rings (SSSR count). The van der Waals surface area contributed by atoms with Crippen LogP contribution >= 0.6 is 0 Å². The number of aliphatic hydroxyl groups excluding tert-OH is 6. The molecule has 2 fully saturated rings. The average Bonchev–Trinajstić information content (AvgIpc) is 0.949. The van der Waals surface area contributed by atoms with Gasteiger partial charge in [0.05, 0.1) is 56.8 Å². The molecule has 2 aliphatic heterocycles. The van der Waals surface area contributed by atoms with E-state index in [1.165, 1.54) is 44.2 Å². The number of Topliss-reactive ketones (excluding diaryl/α,β-unsaturated/α-hetero) is 5. The second-order valence-corrected chi connectivity index (χ2v) is 22.4. The van der Waals surface area contributed by atoms with Crippen molar-refractivity contribution in [2.75, 3.05) is 72.6 Å². The lowest BCUT2D eigenvalue weighted by Gasteiger charge is -2.38. The van der Waals surface area contributed by atoms with E-state index in [0.29, 0.717) is 30.4 Å². The molecule has 12 atom stereocenters. The van der Waals surface area contributed by atoms with E-state index >= 15 is 0 Å².